The molecule has 3 heterocycles. The van der Waals surface area contributed by atoms with Crippen molar-refractivity contribution in [2.24, 2.45) is 0 Å². The highest BCUT2D eigenvalue weighted by Crippen LogP contribution is 2.52. The van der Waals surface area contributed by atoms with Crippen LogP contribution in [-0.2, 0) is 5.41 Å². The number of hydrogen-bond acceptors (Lipinski definition) is 4. The molecule has 0 radical (unpaired) electrons. The summed E-state index contributed by atoms with van der Waals surface area (Å²) in [6.45, 7) is 4.69. The molecule has 0 saturated heterocycles. The second-order valence-electron chi connectivity index (χ2n) is 14.4. The van der Waals surface area contributed by atoms with E-state index in [-0.39, 0.29) is 5.41 Å². The summed E-state index contributed by atoms with van der Waals surface area (Å²) in [4.78, 5) is 15.2. The molecule has 0 aliphatic heterocycles. The third-order valence-electron chi connectivity index (χ3n) is 11.0. The third kappa shape index (κ3) is 4.28. The molecular formula is C48H32N4O. The van der Waals surface area contributed by atoms with Crippen molar-refractivity contribution in [2.75, 3.05) is 0 Å². The van der Waals surface area contributed by atoms with Crippen LogP contribution in [0, 0.1) is 0 Å². The predicted octanol–water partition coefficient (Wildman–Crippen LogP) is 12.2. The molecule has 5 heteroatoms. The monoisotopic (exact) mass is 680 g/mol. The summed E-state index contributed by atoms with van der Waals surface area (Å²) in [5.74, 6) is 1.86. The first-order valence-electron chi connectivity index (χ1n) is 18.0. The van der Waals surface area contributed by atoms with Gasteiger partial charge in [0.25, 0.3) is 0 Å². The second-order valence-corrected chi connectivity index (χ2v) is 14.4. The van der Waals surface area contributed by atoms with Gasteiger partial charge in [0.2, 0.25) is 0 Å². The molecule has 0 bridgehead atoms. The van der Waals surface area contributed by atoms with E-state index >= 15 is 0 Å². The van der Waals surface area contributed by atoms with Gasteiger partial charge in [-0.05, 0) is 46.5 Å². The van der Waals surface area contributed by atoms with Crippen molar-refractivity contribution in [2.45, 2.75) is 19.3 Å². The Hall–Kier alpha value is -6.85. The average Bonchev–Trinajstić information content (AvgIpc) is 3.84. The molecule has 250 valence electrons. The zero-order chi connectivity index (χ0) is 35.3. The van der Waals surface area contributed by atoms with Crippen LogP contribution in [0.1, 0.15) is 25.0 Å². The minimum Gasteiger partial charge on any atom is -0.454 e. The van der Waals surface area contributed by atoms with E-state index in [1.807, 2.05) is 66.7 Å². The highest BCUT2D eigenvalue weighted by Gasteiger charge is 2.38. The highest BCUT2D eigenvalue weighted by molar-refractivity contribution is 6.23. The minimum atomic E-state index is -0.194. The highest BCUT2D eigenvalue weighted by atomic mass is 16.3. The van der Waals surface area contributed by atoms with Gasteiger partial charge < -0.3 is 8.98 Å². The molecule has 1 aliphatic carbocycles. The lowest BCUT2D eigenvalue weighted by molar-refractivity contribution is 0.655. The van der Waals surface area contributed by atoms with Crippen LogP contribution in [0.25, 0.3) is 94.7 Å². The molecule has 53 heavy (non-hydrogen) atoms. The lowest BCUT2D eigenvalue weighted by Gasteiger charge is -2.25. The van der Waals surface area contributed by atoms with Crippen molar-refractivity contribution in [1.29, 1.82) is 0 Å². The molecule has 1 aliphatic rings. The molecule has 0 spiro atoms. The molecule has 0 fully saturated rings. The first-order chi connectivity index (χ1) is 26.1. The fourth-order valence-electron chi connectivity index (χ4n) is 8.70. The molecule has 0 atom stereocenters. The van der Waals surface area contributed by atoms with Crippen molar-refractivity contribution in [3.05, 3.63) is 169 Å². The molecule has 0 N–H and O–H groups in total. The number of aromatic nitrogens is 4. The van der Waals surface area contributed by atoms with E-state index in [1.165, 1.54) is 33.3 Å². The van der Waals surface area contributed by atoms with Gasteiger partial charge in [0, 0.05) is 43.7 Å². The standard InChI is InChI=1S/C48H32N4O/c1-48(2)37-23-11-9-19-31(37)33-21-13-25-39(42(33)48)52-38-24-12-10-20-32(38)34-27-28-35-41-36(22-14-26-40(41)53-44(35)43(34)52)47-50-45(29-15-5-3-6-16-29)49-46(51-47)30-17-7-4-8-18-30/h3-28H,1-2H3. The van der Waals surface area contributed by atoms with E-state index in [2.05, 4.69) is 109 Å². The molecule has 7 aromatic carbocycles. The number of hydrogen-bond donors (Lipinski definition) is 0. The van der Waals surface area contributed by atoms with Crippen LogP contribution in [0.2, 0.25) is 0 Å². The summed E-state index contributed by atoms with van der Waals surface area (Å²) in [5.41, 5.74) is 12.8. The normalized spacial score (nSPS) is 13.2. The van der Waals surface area contributed by atoms with Gasteiger partial charge in [-0.2, -0.15) is 0 Å². The van der Waals surface area contributed by atoms with Gasteiger partial charge in [-0.15, -0.1) is 0 Å². The van der Waals surface area contributed by atoms with Crippen LogP contribution in [0.5, 0.6) is 0 Å². The first kappa shape index (κ1) is 29.8. The summed E-state index contributed by atoms with van der Waals surface area (Å²) in [6, 6.07) is 55.1. The molecule has 0 unspecified atom stereocenters. The van der Waals surface area contributed by atoms with E-state index in [1.54, 1.807) is 0 Å². The Morgan fingerprint density at radius 2 is 1.09 bits per heavy atom. The molecule has 0 amide bonds. The Labute approximate surface area is 305 Å². The summed E-state index contributed by atoms with van der Waals surface area (Å²) in [6.07, 6.45) is 0. The van der Waals surface area contributed by atoms with Crippen molar-refractivity contribution in [3.63, 3.8) is 0 Å². The van der Waals surface area contributed by atoms with Gasteiger partial charge >= 0.3 is 0 Å². The minimum absolute atomic E-state index is 0.194. The third-order valence-corrected chi connectivity index (χ3v) is 11.0. The largest absolute Gasteiger partial charge is 0.454 e. The molecule has 10 aromatic rings. The van der Waals surface area contributed by atoms with Crippen molar-refractivity contribution < 1.29 is 4.42 Å². The van der Waals surface area contributed by atoms with Crippen LogP contribution in [-0.4, -0.2) is 19.5 Å². The smallest absolute Gasteiger partial charge is 0.164 e. The lowest BCUT2D eigenvalue weighted by atomic mass is 9.81. The van der Waals surface area contributed by atoms with Gasteiger partial charge in [-0.25, -0.2) is 15.0 Å². The van der Waals surface area contributed by atoms with Crippen LogP contribution in [0.15, 0.2) is 162 Å². The van der Waals surface area contributed by atoms with E-state index < -0.39 is 0 Å². The first-order valence-corrected chi connectivity index (χ1v) is 18.0. The van der Waals surface area contributed by atoms with E-state index in [0.29, 0.717) is 17.5 Å². The summed E-state index contributed by atoms with van der Waals surface area (Å²) >= 11 is 0. The van der Waals surface area contributed by atoms with Gasteiger partial charge in [0.15, 0.2) is 23.1 Å². The number of para-hydroxylation sites is 1. The Balaban J connectivity index is 1.21. The maximum absolute atomic E-state index is 6.99. The summed E-state index contributed by atoms with van der Waals surface area (Å²) in [5, 5.41) is 4.34. The van der Waals surface area contributed by atoms with E-state index in [0.717, 1.165) is 55.0 Å². The Morgan fingerprint density at radius 3 is 1.87 bits per heavy atom. The number of rotatable bonds is 4. The topological polar surface area (TPSA) is 56.7 Å². The molecule has 11 rings (SSSR count). The predicted molar refractivity (Wildman–Crippen MR) is 215 cm³/mol. The Bertz CT molecular complexity index is 3020. The van der Waals surface area contributed by atoms with Gasteiger partial charge in [0.05, 0.1) is 16.7 Å². The zero-order valence-corrected chi connectivity index (χ0v) is 29.2. The lowest BCUT2D eigenvalue weighted by Crippen LogP contribution is -2.18. The molecular weight excluding hydrogens is 649 g/mol. The Kier molecular flexibility index (Phi) is 6.23. The summed E-state index contributed by atoms with van der Waals surface area (Å²) in [7, 11) is 0. The van der Waals surface area contributed by atoms with Crippen molar-refractivity contribution in [1.82, 2.24) is 19.5 Å². The van der Waals surface area contributed by atoms with Gasteiger partial charge in [-0.3, -0.25) is 0 Å². The van der Waals surface area contributed by atoms with Gasteiger partial charge in [0.1, 0.15) is 5.58 Å². The van der Waals surface area contributed by atoms with Crippen LogP contribution in [0.4, 0.5) is 0 Å². The number of furan rings is 1. The van der Waals surface area contributed by atoms with E-state index in [4.69, 9.17) is 19.4 Å². The number of benzene rings is 7. The number of fused-ring (bicyclic) bond motifs is 10. The average molecular weight is 681 g/mol. The maximum Gasteiger partial charge on any atom is 0.164 e. The van der Waals surface area contributed by atoms with Crippen LogP contribution >= 0.6 is 0 Å². The Morgan fingerprint density at radius 1 is 0.491 bits per heavy atom. The maximum atomic E-state index is 6.99. The molecule has 0 saturated carbocycles. The van der Waals surface area contributed by atoms with Crippen LogP contribution < -0.4 is 0 Å². The SMILES string of the molecule is CC1(C)c2ccccc2-c2cccc(-n3c4ccccc4c4ccc5c(oc6cccc(-c7nc(-c8ccccc8)nc(-c8ccccc8)n7)c65)c43)c21. The second kappa shape index (κ2) is 11.1. The zero-order valence-electron chi connectivity index (χ0n) is 29.2. The molecule has 5 nitrogen and oxygen atoms in total. The molecule has 3 aromatic heterocycles. The fourth-order valence-corrected chi connectivity index (χ4v) is 8.70. The van der Waals surface area contributed by atoms with E-state index in [9.17, 15) is 0 Å². The summed E-state index contributed by atoms with van der Waals surface area (Å²) < 4.78 is 9.43. The van der Waals surface area contributed by atoms with Crippen LogP contribution in [0.3, 0.4) is 0 Å². The van der Waals surface area contributed by atoms with Crippen molar-refractivity contribution >= 4 is 43.7 Å². The number of nitrogens with zero attached hydrogens (tertiary/aromatic N) is 4. The van der Waals surface area contributed by atoms with Crippen molar-refractivity contribution in [3.8, 4) is 51.0 Å². The quantitative estimate of drug-likeness (QED) is 0.186. The fraction of sp³-hybridized carbons (Fsp3) is 0.0625. The van der Waals surface area contributed by atoms with Gasteiger partial charge in [-0.1, -0.05) is 147 Å².